The number of aryl methyl sites for hydroxylation is 1. The van der Waals surface area contributed by atoms with Gasteiger partial charge >= 0.3 is 0 Å². The van der Waals surface area contributed by atoms with E-state index in [9.17, 15) is 19.7 Å². The standard InChI is InChI=1S/C22H20N2O4/c1-14-9-11-15(12-10-14)16-13-21(26)23(19-7-4-8-20(25)22(16)19)17-5-2-3-6-18(17)24(27)28/h2-3,5-6,9-12,16H,4,7-8,13H2,1H3. The number of nitrogens with zero attached hydrogens (tertiary/aromatic N) is 2. The zero-order chi connectivity index (χ0) is 19.8. The highest BCUT2D eigenvalue weighted by Crippen LogP contribution is 2.45. The summed E-state index contributed by atoms with van der Waals surface area (Å²) < 4.78 is 0. The number of hydrogen-bond acceptors (Lipinski definition) is 4. The Morgan fingerprint density at radius 3 is 2.46 bits per heavy atom. The first-order valence-electron chi connectivity index (χ1n) is 9.36. The second kappa shape index (κ2) is 7.03. The highest BCUT2D eigenvalue weighted by molar-refractivity contribution is 6.08. The van der Waals surface area contributed by atoms with Crippen LogP contribution in [0.3, 0.4) is 0 Å². The van der Waals surface area contributed by atoms with Gasteiger partial charge in [0.1, 0.15) is 5.69 Å². The predicted molar refractivity (Wildman–Crippen MR) is 105 cm³/mol. The van der Waals surface area contributed by atoms with Gasteiger partial charge in [-0.2, -0.15) is 0 Å². The maximum Gasteiger partial charge on any atom is 0.293 e. The fourth-order valence-electron chi connectivity index (χ4n) is 4.16. The summed E-state index contributed by atoms with van der Waals surface area (Å²) in [5.74, 6) is -0.480. The first kappa shape index (κ1) is 18.1. The van der Waals surface area contributed by atoms with Crippen molar-refractivity contribution in [2.45, 2.75) is 38.5 Å². The lowest BCUT2D eigenvalue weighted by Gasteiger charge is -2.38. The van der Waals surface area contributed by atoms with Gasteiger partial charge in [-0.05, 0) is 31.4 Å². The van der Waals surface area contributed by atoms with Crippen LogP contribution in [-0.2, 0) is 9.59 Å². The number of Topliss-reactive ketones (excluding diaryl/α,β-unsaturated/α-hetero) is 1. The molecule has 2 aliphatic rings. The molecule has 1 aliphatic carbocycles. The van der Waals surface area contributed by atoms with E-state index >= 15 is 0 Å². The molecule has 1 heterocycles. The number of rotatable bonds is 3. The van der Waals surface area contributed by atoms with E-state index in [4.69, 9.17) is 0 Å². The number of hydrogen-bond donors (Lipinski definition) is 0. The van der Waals surface area contributed by atoms with E-state index in [1.807, 2.05) is 31.2 Å². The van der Waals surface area contributed by atoms with Gasteiger partial charge in [-0.15, -0.1) is 0 Å². The molecule has 0 spiro atoms. The fourth-order valence-corrected chi connectivity index (χ4v) is 4.16. The van der Waals surface area contributed by atoms with Crippen LogP contribution in [0.15, 0.2) is 59.8 Å². The smallest absolute Gasteiger partial charge is 0.293 e. The van der Waals surface area contributed by atoms with E-state index in [-0.39, 0.29) is 35.4 Å². The number of nitro groups is 1. The Hall–Kier alpha value is -3.28. The lowest BCUT2D eigenvalue weighted by Crippen LogP contribution is -2.40. The molecule has 0 bridgehead atoms. The quantitative estimate of drug-likeness (QED) is 0.586. The summed E-state index contributed by atoms with van der Waals surface area (Å²) in [5.41, 5.74) is 3.40. The molecule has 2 aromatic carbocycles. The van der Waals surface area contributed by atoms with Crippen molar-refractivity contribution in [2.75, 3.05) is 4.90 Å². The molecule has 6 nitrogen and oxygen atoms in total. The average Bonchev–Trinajstić information content (AvgIpc) is 2.68. The third-order valence-corrected chi connectivity index (χ3v) is 5.47. The lowest BCUT2D eigenvalue weighted by molar-refractivity contribution is -0.384. The molecule has 0 fully saturated rings. The second-order valence-electron chi connectivity index (χ2n) is 7.28. The zero-order valence-electron chi connectivity index (χ0n) is 15.6. The normalized spacial score (nSPS) is 19.6. The lowest BCUT2D eigenvalue weighted by atomic mass is 9.77. The SMILES string of the molecule is Cc1ccc(C2CC(=O)N(c3ccccc3[N+](=O)[O-])C3=C2C(=O)CCC3)cc1. The number of carbonyl (C=O) groups excluding carboxylic acids is 2. The molecule has 2 aromatic rings. The van der Waals surface area contributed by atoms with E-state index in [0.29, 0.717) is 30.5 Å². The maximum absolute atomic E-state index is 13.1. The Bertz CT molecular complexity index is 1010. The van der Waals surface area contributed by atoms with Gasteiger partial charge in [0.25, 0.3) is 5.69 Å². The molecule has 1 aliphatic heterocycles. The Labute approximate surface area is 162 Å². The van der Waals surface area contributed by atoms with Crippen LogP contribution in [0.5, 0.6) is 0 Å². The van der Waals surface area contributed by atoms with Gasteiger partial charge < -0.3 is 0 Å². The Kier molecular flexibility index (Phi) is 4.55. The molecule has 1 amide bonds. The third-order valence-electron chi connectivity index (χ3n) is 5.47. The first-order chi connectivity index (χ1) is 13.5. The Morgan fingerprint density at radius 2 is 1.75 bits per heavy atom. The summed E-state index contributed by atoms with van der Waals surface area (Å²) in [5, 5.41) is 11.5. The molecule has 1 atom stereocenters. The molecule has 142 valence electrons. The number of carbonyl (C=O) groups is 2. The number of ketones is 1. The molecule has 28 heavy (non-hydrogen) atoms. The van der Waals surface area contributed by atoms with Crippen molar-refractivity contribution < 1.29 is 14.5 Å². The minimum Gasteiger partial charge on any atom is -0.294 e. The van der Waals surface area contributed by atoms with Crippen molar-refractivity contribution in [1.82, 2.24) is 0 Å². The number of nitro benzene ring substituents is 1. The first-order valence-corrected chi connectivity index (χ1v) is 9.36. The van der Waals surface area contributed by atoms with E-state index in [0.717, 1.165) is 11.1 Å². The zero-order valence-corrected chi connectivity index (χ0v) is 15.6. The summed E-state index contributed by atoms with van der Waals surface area (Å²) in [6.07, 6.45) is 1.77. The summed E-state index contributed by atoms with van der Waals surface area (Å²) in [4.78, 5) is 38.4. The van der Waals surface area contributed by atoms with Crippen LogP contribution in [0.1, 0.15) is 42.7 Å². The van der Waals surface area contributed by atoms with Crippen LogP contribution in [0.2, 0.25) is 0 Å². The number of allylic oxidation sites excluding steroid dienone is 2. The second-order valence-corrected chi connectivity index (χ2v) is 7.28. The number of anilines is 1. The van der Waals surface area contributed by atoms with Crippen molar-refractivity contribution in [3.05, 3.63) is 81.0 Å². The molecule has 0 N–H and O–H groups in total. The van der Waals surface area contributed by atoms with Gasteiger partial charge in [-0.25, -0.2) is 0 Å². The van der Waals surface area contributed by atoms with Gasteiger partial charge in [0.05, 0.1) is 4.92 Å². The Balaban J connectivity index is 1.89. The van der Waals surface area contributed by atoms with Gasteiger partial charge in [-0.3, -0.25) is 24.6 Å². The van der Waals surface area contributed by atoms with Crippen LogP contribution in [0.4, 0.5) is 11.4 Å². The monoisotopic (exact) mass is 376 g/mol. The van der Waals surface area contributed by atoms with Crippen molar-refractivity contribution in [3.63, 3.8) is 0 Å². The molecule has 0 aromatic heterocycles. The van der Waals surface area contributed by atoms with Crippen LogP contribution in [0.25, 0.3) is 0 Å². The number of benzene rings is 2. The predicted octanol–water partition coefficient (Wildman–Crippen LogP) is 4.43. The molecular formula is C22H20N2O4. The van der Waals surface area contributed by atoms with E-state index in [1.165, 1.54) is 11.0 Å². The third kappa shape index (κ3) is 3.01. The van der Waals surface area contributed by atoms with E-state index in [1.54, 1.807) is 18.2 Å². The fraction of sp³-hybridized carbons (Fsp3) is 0.273. The van der Waals surface area contributed by atoms with Crippen LogP contribution >= 0.6 is 0 Å². The highest BCUT2D eigenvalue weighted by atomic mass is 16.6. The van der Waals surface area contributed by atoms with Crippen LogP contribution < -0.4 is 4.90 Å². The van der Waals surface area contributed by atoms with Gasteiger partial charge in [0.2, 0.25) is 5.91 Å². The Morgan fingerprint density at radius 1 is 1.04 bits per heavy atom. The molecule has 0 radical (unpaired) electrons. The van der Waals surface area contributed by atoms with Crippen LogP contribution in [0, 0.1) is 17.0 Å². The minimum atomic E-state index is -0.487. The highest BCUT2D eigenvalue weighted by Gasteiger charge is 2.41. The number of para-hydroxylation sites is 2. The average molecular weight is 376 g/mol. The largest absolute Gasteiger partial charge is 0.294 e. The molecule has 4 rings (SSSR count). The summed E-state index contributed by atoms with van der Waals surface area (Å²) in [7, 11) is 0. The van der Waals surface area contributed by atoms with Crippen molar-refractivity contribution >= 4 is 23.1 Å². The van der Waals surface area contributed by atoms with Crippen molar-refractivity contribution in [1.29, 1.82) is 0 Å². The molecule has 1 unspecified atom stereocenters. The molecular weight excluding hydrogens is 356 g/mol. The maximum atomic E-state index is 13.1. The van der Waals surface area contributed by atoms with Crippen molar-refractivity contribution in [2.24, 2.45) is 0 Å². The molecule has 0 saturated heterocycles. The van der Waals surface area contributed by atoms with Gasteiger partial charge in [0, 0.05) is 36.1 Å². The molecule has 0 saturated carbocycles. The van der Waals surface area contributed by atoms with Gasteiger partial charge in [0.15, 0.2) is 5.78 Å². The summed E-state index contributed by atoms with van der Waals surface area (Å²) in [6, 6.07) is 14.1. The van der Waals surface area contributed by atoms with E-state index in [2.05, 4.69) is 0 Å². The van der Waals surface area contributed by atoms with Crippen molar-refractivity contribution in [3.8, 4) is 0 Å². The van der Waals surface area contributed by atoms with Gasteiger partial charge in [-0.1, -0.05) is 42.0 Å². The van der Waals surface area contributed by atoms with E-state index < -0.39 is 4.92 Å². The van der Waals surface area contributed by atoms with Crippen LogP contribution in [-0.4, -0.2) is 16.6 Å². The summed E-state index contributed by atoms with van der Waals surface area (Å²) in [6.45, 7) is 1.99. The summed E-state index contributed by atoms with van der Waals surface area (Å²) >= 11 is 0. The molecule has 6 heteroatoms. The number of amides is 1. The minimum absolute atomic E-state index is 0.0305. The topological polar surface area (TPSA) is 80.5 Å².